The maximum atomic E-state index is 15.3. The number of carbonyl (C=O) groups is 2. The Balaban J connectivity index is 1.27. The van der Waals surface area contributed by atoms with Crippen LogP contribution >= 0.6 is 0 Å². The van der Waals surface area contributed by atoms with Gasteiger partial charge < -0.3 is 25.1 Å². The lowest BCUT2D eigenvalue weighted by Crippen LogP contribution is -2.52. The van der Waals surface area contributed by atoms with E-state index in [9.17, 15) is 14.0 Å². The van der Waals surface area contributed by atoms with E-state index in [0.717, 1.165) is 41.7 Å². The van der Waals surface area contributed by atoms with E-state index in [4.69, 9.17) is 9.97 Å². The van der Waals surface area contributed by atoms with Crippen molar-refractivity contribution in [1.29, 1.82) is 0 Å². The first-order valence-electron chi connectivity index (χ1n) is 15.1. The molecule has 2 fully saturated rings. The number of hydrogen-bond donors (Lipinski definition) is 3. The van der Waals surface area contributed by atoms with Gasteiger partial charge in [0.15, 0.2) is 5.82 Å². The number of pyridine rings is 1. The lowest BCUT2D eigenvalue weighted by molar-refractivity contribution is -0.123. The second-order valence-electron chi connectivity index (χ2n) is 12.1. The van der Waals surface area contributed by atoms with Crippen LogP contribution in [0.3, 0.4) is 0 Å². The van der Waals surface area contributed by atoms with Crippen molar-refractivity contribution in [3.63, 3.8) is 0 Å². The third-order valence-corrected chi connectivity index (χ3v) is 9.11. The smallest absolute Gasteiger partial charge is 0.254 e. The predicted octanol–water partition coefficient (Wildman–Crippen LogP) is 4.32. The Labute approximate surface area is 247 Å². The Kier molecular flexibility index (Phi) is 6.99. The van der Waals surface area contributed by atoms with E-state index >= 15 is 4.39 Å². The van der Waals surface area contributed by atoms with E-state index in [-0.39, 0.29) is 23.4 Å². The molecular formula is C32H35F2N7O2. The van der Waals surface area contributed by atoms with Gasteiger partial charge >= 0.3 is 0 Å². The number of allylic oxidation sites excluding steroid dienone is 2. The molecule has 43 heavy (non-hydrogen) atoms. The van der Waals surface area contributed by atoms with Gasteiger partial charge in [0.05, 0.1) is 40.1 Å². The van der Waals surface area contributed by atoms with Crippen molar-refractivity contribution in [2.24, 2.45) is 18.9 Å². The molecule has 5 heterocycles. The molecule has 0 spiro atoms. The van der Waals surface area contributed by atoms with E-state index in [2.05, 4.69) is 32.7 Å². The highest BCUT2D eigenvalue weighted by atomic mass is 19.1. The number of nitrogens with one attached hydrogen (secondary N) is 3. The summed E-state index contributed by atoms with van der Waals surface area (Å²) in [7, 11) is 1.82. The minimum atomic E-state index is -1.18. The Morgan fingerprint density at radius 1 is 1.16 bits per heavy atom. The minimum Gasteiger partial charge on any atom is -0.348 e. The zero-order chi connectivity index (χ0) is 29.8. The first-order chi connectivity index (χ1) is 20.8. The molecule has 224 valence electrons. The van der Waals surface area contributed by atoms with E-state index in [1.165, 1.54) is 12.1 Å². The van der Waals surface area contributed by atoms with Gasteiger partial charge in [0.2, 0.25) is 5.91 Å². The second-order valence-corrected chi connectivity index (χ2v) is 12.1. The summed E-state index contributed by atoms with van der Waals surface area (Å²) < 4.78 is 33.5. The largest absolute Gasteiger partial charge is 0.348 e. The molecule has 1 aliphatic carbocycles. The molecule has 2 bridgehead atoms. The Bertz CT molecular complexity index is 1780. The number of imidazole rings is 1. The maximum Gasteiger partial charge on any atom is 0.254 e. The number of piperidine rings is 1. The summed E-state index contributed by atoms with van der Waals surface area (Å²) in [5.74, 6) is -0.184. The fourth-order valence-electron chi connectivity index (χ4n) is 6.44. The number of benzene rings is 1. The van der Waals surface area contributed by atoms with Crippen LogP contribution in [0.25, 0.3) is 33.6 Å². The maximum absolute atomic E-state index is 15.3. The minimum absolute atomic E-state index is 0.0769. The molecule has 0 unspecified atom stereocenters. The summed E-state index contributed by atoms with van der Waals surface area (Å²) in [6.45, 7) is 3.46. The standard InChI is InChI=1S/C32H35F2N7O2/c1-17-24-8-7-19-13-28(41(29(19)37-24)11-5-3-4-6-18-12-20(18)31(42)36-17)30-38-25-14-21(23(34)15-27(25)40(30)2)32(43)39-26-16-35-10-9-22(26)33/h3-4,7-8,13-15,17-18,20,22,26,35H,5-6,9-12,16H2,1-2H3,(H,36,42)(H,39,43)/b4-3-/t17-,18+,20-,22+,26+/m1/s1. The average molecular weight is 588 g/mol. The zero-order valence-electron chi connectivity index (χ0n) is 24.2. The van der Waals surface area contributed by atoms with Crippen LogP contribution in [-0.4, -0.2) is 56.2 Å². The van der Waals surface area contributed by atoms with Gasteiger partial charge in [-0.05, 0) is 69.3 Å². The van der Waals surface area contributed by atoms with Crippen molar-refractivity contribution >= 4 is 33.9 Å². The van der Waals surface area contributed by atoms with Gasteiger partial charge in [-0.15, -0.1) is 0 Å². The number of aryl methyl sites for hydroxylation is 2. The van der Waals surface area contributed by atoms with E-state index < -0.39 is 23.9 Å². The van der Waals surface area contributed by atoms with Crippen LogP contribution in [0, 0.1) is 17.7 Å². The lowest BCUT2D eigenvalue weighted by atomic mass is 10.0. The molecule has 11 heteroatoms. The number of fused-ring (bicyclic) bond motifs is 3. The number of halogens is 2. The van der Waals surface area contributed by atoms with Crippen LogP contribution in [0.4, 0.5) is 8.78 Å². The van der Waals surface area contributed by atoms with Crippen molar-refractivity contribution in [1.82, 2.24) is 35.1 Å². The van der Waals surface area contributed by atoms with Crippen LogP contribution in [0.2, 0.25) is 0 Å². The molecule has 3 N–H and O–H groups in total. The van der Waals surface area contributed by atoms with Gasteiger partial charge in [-0.3, -0.25) is 9.59 Å². The van der Waals surface area contributed by atoms with Gasteiger partial charge in [-0.2, -0.15) is 0 Å². The molecule has 4 aromatic rings. The van der Waals surface area contributed by atoms with Gasteiger partial charge in [-0.25, -0.2) is 18.7 Å². The fourth-order valence-corrected chi connectivity index (χ4v) is 6.44. The van der Waals surface area contributed by atoms with Crippen molar-refractivity contribution in [3.05, 3.63) is 59.6 Å². The number of aromatic nitrogens is 4. The highest BCUT2D eigenvalue weighted by Crippen LogP contribution is 2.42. The van der Waals surface area contributed by atoms with E-state index in [1.807, 2.05) is 36.7 Å². The zero-order valence-corrected chi connectivity index (χ0v) is 24.2. The van der Waals surface area contributed by atoms with Crippen LogP contribution in [-0.2, 0) is 18.4 Å². The Hall–Kier alpha value is -4.12. The molecule has 1 saturated heterocycles. The first kappa shape index (κ1) is 27.7. The molecule has 3 aliphatic rings. The molecule has 1 aromatic carbocycles. The highest BCUT2D eigenvalue weighted by molar-refractivity contribution is 5.98. The molecule has 5 atom stereocenters. The normalized spacial score (nSPS) is 26.6. The average Bonchev–Trinajstić information content (AvgIpc) is 3.59. The fraction of sp³-hybridized carbons (Fsp3) is 0.438. The van der Waals surface area contributed by atoms with Gasteiger partial charge in [0, 0.05) is 37.5 Å². The molecule has 3 aromatic heterocycles. The van der Waals surface area contributed by atoms with Gasteiger partial charge in [0.25, 0.3) is 5.91 Å². The molecular weight excluding hydrogens is 552 g/mol. The van der Waals surface area contributed by atoms with Crippen LogP contribution in [0.1, 0.15) is 54.7 Å². The van der Waals surface area contributed by atoms with Crippen LogP contribution in [0.5, 0.6) is 0 Å². The third-order valence-electron chi connectivity index (χ3n) is 9.11. The monoisotopic (exact) mass is 587 g/mol. The number of nitrogens with zero attached hydrogens (tertiary/aromatic N) is 4. The number of alkyl halides is 1. The summed E-state index contributed by atoms with van der Waals surface area (Å²) >= 11 is 0. The molecule has 9 nitrogen and oxygen atoms in total. The number of hydrogen-bond acceptors (Lipinski definition) is 5. The molecule has 7 rings (SSSR count). The quantitative estimate of drug-likeness (QED) is 0.310. The van der Waals surface area contributed by atoms with E-state index in [0.29, 0.717) is 48.8 Å². The number of carbonyl (C=O) groups excluding carboxylic acids is 2. The number of rotatable bonds is 3. The summed E-state index contributed by atoms with van der Waals surface area (Å²) in [6, 6.07) is 7.77. The topological polar surface area (TPSA) is 106 Å². The van der Waals surface area contributed by atoms with Crippen molar-refractivity contribution in [2.45, 2.75) is 57.4 Å². The number of amides is 2. The van der Waals surface area contributed by atoms with E-state index in [1.54, 1.807) is 0 Å². The Morgan fingerprint density at radius 2 is 2.02 bits per heavy atom. The van der Waals surface area contributed by atoms with Crippen LogP contribution < -0.4 is 16.0 Å². The van der Waals surface area contributed by atoms with Gasteiger partial charge in [-0.1, -0.05) is 12.2 Å². The first-order valence-corrected chi connectivity index (χ1v) is 15.1. The van der Waals surface area contributed by atoms with Crippen molar-refractivity contribution in [2.75, 3.05) is 13.1 Å². The lowest BCUT2D eigenvalue weighted by Gasteiger charge is -2.27. The van der Waals surface area contributed by atoms with Gasteiger partial charge in [0.1, 0.15) is 17.6 Å². The molecule has 1 saturated carbocycles. The second kappa shape index (κ2) is 10.9. The summed E-state index contributed by atoms with van der Waals surface area (Å²) in [5, 5.41) is 9.77. The SMILES string of the molecule is C[C@H]1NC(=O)[C@@H]2C[C@@H]2C/C=C\CCn2c(-c3nc4cc(C(=O)N[C@H]5CNCC[C@@H]5F)c(F)cc4n3C)cc3ccc1nc32. The predicted molar refractivity (Wildman–Crippen MR) is 160 cm³/mol. The Morgan fingerprint density at radius 3 is 2.86 bits per heavy atom. The summed E-state index contributed by atoms with van der Waals surface area (Å²) in [6.07, 6.45) is 6.01. The van der Waals surface area contributed by atoms with Crippen molar-refractivity contribution < 1.29 is 18.4 Å². The molecule has 2 amide bonds. The third kappa shape index (κ3) is 5.09. The van der Waals surface area contributed by atoms with Crippen LogP contribution in [0.15, 0.2) is 42.5 Å². The van der Waals surface area contributed by atoms with Crippen molar-refractivity contribution in [3.8, 4) is 11.5 Å². The highest BCUT2D eigenvalue weighted by Gasteiger charge is 2.42. The molecule has 2 aliphatic heterocycles. The molecule has 0 radical (unpaired) electrons. The summed E-state index contributed by atoms with van der Waals surface area (Å²) in [4.78, 5) is 35.6. The summed E-state index contributed by atoms with van der Waals surface area (Å²) in [5.41, 5.74) is 3.21.